The molecule has 0 bridgehead atoms. The maximum absolute atomic E-state index is 12.6. The molecule has 0 unspecified atom stereocenters. The molecule has 0 spiro atoms. The first-order valence-electron chi connectivity index (χ1n) is 8.61. The summed E-state index contributed by atoms with van der Waals surface area (Å²) in [5.41, 5.74) is -1.43. The van der Waals surface area contributed by atoms with E-state index < -0.39 is 37.6 Å². The highest BCUT2D eigenvalue weighted by atomic mass is 28.4. The van der Waals surface area contributed by atoms with Gasteiger partial charge in [-0.1, -0.05) is 0 Å². The maximum Gasteiger partial charge on any atom is 0.411 e. The molecule has 0 fully saturated rings. The molecule has 1 heterocycles. The third-order valence-corrected chi connectivity index (χ3v) is 3.47. The highest BCUT2D eigenvalue weighted by Gasteiger charge is 2.40. The second kappa shape index (κ2) is 6.78. The van der Waals surface area contributed by atoms with E-state index in [-0.39, 0.29) is 12.6 Å². The summed E-state index contributed by atoms with van der Waals surface area (Å²) in [7, 11) is -2.00. The van der Waals surface area contributed by atoms with E-state index in [0.29, 0.717) is 5.76 Å². The number of ether oxygens (including phenoxy) is 2. The maximum atomic E-state index is 12.6. The van der Waals surface area contributed by atoms with Crippen molar-refractivity contribution in [2.75, 3.05) is 6.54 Å². The van der Waals surface area contributed by atoms with Crippen LogP contribution < -0.4 is 0 Å². The number of esters is 1. The molecule has 138 valence electrons. The summed E-state index contributed by atoms with van der Waals surface area (Å²) in [6.07, 6.45) is -0.665. The van der Waals surface area contributed by atoms with Gasteiger partial charge in [-0.15, -0.1) is 0 Å². The molecule has 0 saturated carbocycles. The molecule has 1 amide bonds. The fourth-order valence-corrected chi connectivity index (χ4v) is 2.85. The predicted molar refractivity (Wildman–Crippen MR) is 95.1 cm³/mol. The Labute approximate surface area is 147 Å². The van der Waals surface area contributed by atoms with Gasteiger partial charge in [-0.25, -0.2) is 9.59 Å². The summed E-state index contributed by atoms with van der Waals surface area (Å²) >= 11 is 0. The minimum atomic E-state index is -2.00. The molecule has 1 rings (SSSR count). The van der Waals surface area contributed by atoms with Crippen molar-refractivity contribution in [1.29, 1.82) is 0 Å². The smallest absolute Gasteiger partial charge is 0.411 e. The van der Waals surface area contributed by atoms with Gasteiger partial charge in [-0.05, 0) is 67.2 Å². The van der Waals surface area contributed by atoms with Crippen LogP contribution in [0.15, 0.2) is 11.8 Å². The van der Waals surface area contributed by atoms with Crippen LogP contribution in [0.5, 0.6) is 0 Å². The summed E-state index contributed by atoms with van der Waals surface area (Å²) in [5.74, 6) is -0.321. The molecule has 0 saturated heterocycles. The normalized spacial score (nSPS) is 20.0. The van der Waals surface area contributed by atoms with Gasteiger partial charge < -0.3 is 13.9 Å². The van der Waals surface area contributed by atoms with Crippen LogP contribution in [0.2, 0.25) is 19.6 Å². The quantitative estimate of drug-likeness (QED) is 0.569. The first-order chi connectivity index (χ1) is 11.0. The Hall–Kier alpha value is -1.50. The first kappa shape index (κ1) is 18.8. The van der Waals surface area contributed by atoms with E-state index in [1.807, 2.05) is 19.6 Å². The van der Waals surface area contributed by atoms with Crippen molar-refractivity contribution in [2.24, 2.45) is 0 Å². The van der Waals surface area contributed by atoms with Crippen LogP contribution >= 0.6 is 0 Å². The van der Waals surface area contributed by atoms with Crippen LogP contribution in [-0.2, 0) is 18.7 Å². The van der Waals surface area contributed by atoms with Crippen LogP contribution in [0, 0.1) is 0 Å². The van der Waals surface area contributed by atoms with Crippen LogP contribution in [0.25, 0.3) is 0 Å². The lowest BCUT2D eigenvalue weighted by Crippen LogP contribution is -2.46. The van der Waals surface area contributed by atoms with Crippen molar-refractivity contribution in [3.05, 3.63) is 11.8 Å². The van der Waals surface area contributed by atoms with Gasteiger partial charge >= 0.3 is 12.1 Å². The van der Waals surface area contributed by atoms with Gasteiger partial charge in [-0.3, -0.25) is 4.90 Å². The third kappa shape index (κ3) is 6.94. The highest BCUT2D eigenvalue weighted by molar-refractivity contribution is 6.70. The van der Waals surface area contributed by atoms with Gasteiger partial charge in [0.1, 0.15) is 11.2 Å². The monoisotopic (exact) mass is 358 g/mol. The van der Waals surface area contributed by atoms with E-state index in [1.165, 1.54) is 4.90 Å². The summed E-state index contributed by atoms with van der Waals surface area (Å²) in [6.45, 7) is 16.4. The second-order valence-electron chi connectivity index (χ2n) is 8.83. The molecule has 1 atom stereocenters. The first-order valence-corrected chi connectivity index (χ1v) is 11.5. The SMILES string of the molecule is [2H]C1=C(O[Si](C)(C)C)CN(C(=O)OC(C)(C)C)[C@@H]1C(=O)OC(C)(C)C. The van der Waals surface area contributed by atoms with Gasteiger partial charge in [0.05, 0.1) is 13.7 Å². The van der Waals surface area contributed by atoms with Crippen LogP contribution in [0.4, 0.5) is 4.79 Å². The molecular weight excluding hydrogens is 326 g/mol. The Kier molecular flexibility index (Phi) is 5.32. The zero-order valence-corrected chi connectivity index (χ0v) is 17.3. The molecule has 0 radical (unpaired) electrons. The molecule has 1 aliphatic heterocycles. The van der Waals surface area contributed by atoms with E-state index in [2.05, 4.69) is 0 Å². The average Bonchev–Trinajstić information content (AvgIpc) is 2.60. The summed E-state index contributed by atoms with van der Waals surface area (Å²) in [4.78, 5) is 26.3. The number of hydrogen-bond donors (Lipinski definition) is 0. The van der Waals surface area contributed by atoms with Crippen molar-refractivity contribution >= 4 is 20.4 Å². The van der Waals surface area contributed by atoms with Crippen molar-refractivity contribution in [1.82, 2.24) is 4.90 Å². The Morgan fingerprint density at radius 1 is 1.12 bits per heavy atom. The number of rotatable bonds is 3. The van der Waals surface area contributed by atoms with Crippen molar-refractivity contribution in [2.45, 2.75) is 78.4 Å². The summed E-state index contributed by atoms with van der Waals surface area (Å²) in [6, 6.07) is -1.19. The van der Waals surface area contributed by atoms with Crippen molar-refractivity contribution < 1.29 is 24.9 Å². The molecular formula is C17H31NO5Si. The van der Waals surface area contributed by atoms with E-state index in [1.54, 1.807) is 41.5 Å². The highest BCUT2D eigenvalue weighted by Crippen LogP contribution is 2.25. The zero-order valence-electron chi connectivity index (χ0n) is 17.3. The molecule has 1 aliphatic rings. The van der Waals surface area contributed by atoms with Crippen molar-refractivity contribution in [3.63, 3.8) is 0 Å². The fraction of sp³-hybridized carbons (Fsp3) is 0.765. The van der Waals surface area contributed by atoms with E-state index in [4.69, 9.17) is 15.3 Å². The van der Waals surface area contributed by atoms with Gasteiger partial charge in [0.2, 0.25) is 8.32 Å². The Bertz CT molecular complexity index is 569. The molecule has 0 aliphatic carbocycles. The zero-order chi connectivity index (χ0) is 19.8. The molecule has 0 aromatic heterocycles. The van der Waals surface area contributed by atoms with E-state index in [0.717, 1.165) is 0 Å². The summed E-state index contributed by atoms with van der Waals surface area (Å²) < 4.78 is 25.0. The molecule has 24 heavy (non-hydrogen) atoms. The van der Waals surface area contributed by atoms with Crippen molar-refractivity contribution in [3.8, 4) is 0 Å². The third-order valence-electron chi connectivity index (χ3n) is 2.61. The fourth-order valence-electron chi connectivity index (χ4n) is 1.99. The number of hydrogen-bond acceptors (Lipinski definition) is 5. The minimum absolute atomic E-state index is 0.0297. The van der Waals surface area contributed by atoms with E-state index in [9.17, 15) is 9.59 Å². The predicted octanol–water partition coefficient (Wildman–Crippen LogP) is 3.68. The topological polar surface area (TPSA) is 65.1 Å². The minimum Gasteiger partial charge on any atom is -0.546 e. The molecule has 7 heteroatoms. The lowest BCUT2D eigenvalue weighted by molar-refractivity contribution is -0.158. The van der Waals surface area contributed by atoms with Gasteiger partial charge in [0.25, 0.3) is 0 Å². The lowest BCUT2D eigenvalue weighted by atomic mass is 10.2. The average molecular weight is 359 g/mol. The summed E-state index contributed by atoms with van der Waals surface area (Å²) in [5, 5.41) is 0. The molecule has 0 N–H and O–H groups in total. The van der Waals surface area contributed by atoms with Crippen LogP contribution in [0.1, 0.15) is 42.9 Å². The van der Waals surface area contributed by atoms with Gasteiger partial charge in [-0.2, -0.15) is 0 Å². The number of carbonyl (C=O) groups is 2. The van der Waals surface area contributed by atoms with Crippen LogP contribution in [0.3, 0.4) is 0 Å². The molecule has 6 nitrogen and oxygen atoms in total. The van der Waals surface area contributed by atoms with Gasteiger partial charge in [0, 0.05) is 0 Å². The standard InChI is InChI=1S/C17H31NO5Si/c1-16(2,3)21-14(19)13-10-12(23-24(7,8)9)11-18(13)15(20)22-17(4,5)6/h10,13H,11H2,1-9H3/t13-/m0/s1/i10D. The lowest BCUT2D eigenvalue weighted by Gasteiger charge is -2.29. The number of carbonyl (C=O) groups excluding carboxylic acids is 2. The van der Waals surface area contributed by atoms with E-state index >= 15 is 0 Å². The number of nitrogens with zero attached hydrogens (tertiary/aromatic N) is 1. The Morgan fingerprint density at radius 3 is 2.04 bits per heavy atom. The Morgan fingerprint density at radius 2 is 1.62 bits per heavy atom. The number of amides is 1. The molecule has 0 aromatic carbocycles. The largest absolute Gasteiger partial charge is 0.546 e. The molecule has 0 aromatic rings. The van der Waals surface area contributed by atoms with Gasteiger partial charge in [0.15, 0.2) is 6.04 Å². The second-order valence-corrected chi connectivity index (χ2v) is 13.3. The van der Waals surface area contributed by atoms with Crippen LogP contribution in [-0.4, -0.2) is 49.1 Å². The Balaban J connectivity index is 3.15.